The summed E-state index contributed by atoms with van der Waals surface area (Å²) in [5, 5.41) is 10.5. The molecular formula is C16H17N4O3+. The molecule has 0 aliphatic carbocycles. The highest BCUT2D eigenvalue weighted by molar-refractivity contribution is 5.75. The quantitative estimate of drug-likeness (QED) is 0.641. The van der Waals surface area contributed by atoms with E-state index in [1.165, 1.54) is 14.1 Å². The van der Waals surface area contributed by atoms with Crippen molar-refractivity contribution in [1.29, 1.82) is 0 Å². The Hall–Kier alpha value is -2.83. The van der Waals surface area contributed by atoms with Gasteiger partial charge in [-0.2, -0.15) is 4.57 Å². The van der Waals surface area contributed by atoms with Gasteiger partial charge in [-0.1, -0.05) is 12.1 Å². The average Bonchev–Trinajstić information content (AvgIpc) is 3.14. The van der Waals surface area contributed by atoms with Gasteiger partial charge in [0.05, 0.1) is 13.0 Å². The second-order valence-corrected chi connectivity index (χ2v) is 5.87. The van der Waals surface area contributed by atoms with Crippen LogP contribution in [0, 0.1) is 0 Å². The molecule has 0 atom stereocenters. The van der Waals surface area contributed by atoms with E-state index in [1.807, 2.05) is 24.3 Å². The molecule has 3 aromatic rings. The minimum absolute atomic E-state index is 0.126. The van der Waals surface area contributed by atoms with Crippen LogP contribution in [-0.4, -0.2) is 18.8 Å². The molecule has 4 rings (SSSR count). The van der Waals surface area contributed by atoms with Crippen LogP contribution in [0.4, 0.5) is 0 Å². The number of fused-ring (bicyclic) bond motifs is 3. The van der Waals surface area contributed by atoms with Crippen molar-refractivity contribution in [1.82, 2.24) is 13.7 Å². The number of benzene rings is 1. The summed E-state index contributed by atoms with van der Waals surface area (Å²) in [5.41, 5.74) is 0.962. The van der Waals surface area contributed by atoms with Crippen LogP contribution in [0.2, 0.25) is 0 Å². The smallest absolute Gasteiger partial charge is 0.333 e. The molecular weight excluding hydrogens is 296 g/mol. The van der Waals surface area contributed by atoms with Crippen molar-refractivity contribution in [3.05, 3.63) is 50.9 Å². The highest BCUT2D eigenvalue weighted by atomic mass is 16.3. The molecule has 0 amide bonds. The van der Waals surface area contributed by atoms with E-state index in [0.717, 1.165) is 45.4 Å². The molecule has 23 heavy (non-hydrogen) atoms. The summed E-state index contributed by atoms with van der Waals surface area (Å²) in [7, 11) is 2.88. The monoisotopic (exact) mass is 313 g/mol. The first-order valence-electron chi connectivity index (χ1n) is 7.54. The molecule has 2 aromatic heterocycles. The molecule has 0 bridgehead atoms. The third kappa shape index (κ3) is 1.67. The first-order chi connectivity index (χ1) is 11.0. The highest BCUT2D eigenvalue weighted by Crippen LogP contribution is 2.26. The Morgan fingerprint density at radius 1 is 1.13 bits per heavy atom. The fraction of sp³-hybridized carbons (Fsp3) is 0.312. The average molecular weight is 313 g/mol. The Bertz CT molecular complexity index is 1070. The number of aromatic nitrogens is 4. The maximum absolute atomic E-state index is 12.7. The zero-order valence-corrected chi connectivity index (χ0v) is 13.0. The van der Waals surface area contributed by atoms with Gasteiger partial charge in [-0.05, 0) is 18.6 Å². The number of para-hydroxylation sites is 2. The van der Waals surface area contributed by atoms with E-state index in [4.69, 9.17) is 0 Å². The number of aromatic hydroxyl groups is 1. The molecule has 1 aliphatic rings. The minimum atomic E-state index is -0.544. The van der Waals surface area contributed by atoms with Crippen LogP contribution in [0.25, 0.3) is 16.7 Å². The van der Waals surface area contributed by atoms with E-state index in [1.54, 1.807) is 4.57 Å². The van der Waals surface area contributed by atoms with Crippen LogP contribution in [-0.2, 0) is 27.1 Å². The second kappa shape index (κ2) is 4.58. The number of hydrogen-bond acceptors (Lipinski definition) is 3. The molecule has 0 spiro atoms. The molecule has 7 nitrogen and oxygen atoms in total. The predicted molar refractivity (Wildman–Crippen MR) is 83.9 cm³/mol. The largest absolute Gasteiger partial charge is 0.491 e. The van der Waals surface area contributed by atoms with Crippen LogP contribution in [0.5, 0.6) is 5.88 Å². The van der Waals surface area contributed by atoms with Gasteiger partial charge in [0.2, 0.25) is 5.88 Å². The molecule has 7 heteroatoms. The molecule has 1 aromatic carbocycles. The standard InChI is InChI=1S/C16H16N4O3/c1-17-14(21)13(15(22)18(2)16(17)23)20-11-7-4-3-6-10(11)19-9-5-8-12(19)20/h3-4,6-7H,5,8-9H2,1-2H3/p+1. The topological polar surface area (TPSA) is 73.0 Å². The fourth-order valence-corrected chi connectivity index (χ4v) is 3.43. The van der Waals surface area contributed by atoms with Gasteiger partial charge in [0.25, 0.3) is 11.5 Å². The molecule has 0 saturated heterocycles. The molecule has 0 fully saturated rings. The predicted octanol–water partition coefficient (Wildman–Crippen LogP) is -0.0328. The Balaban J connectivity index is 2.22. The van der Waals surface area contributed by atoms with Crippen molar-refractivity contribution in [2.45, 2.75) is 19.4 Å². The van der Waals surface area contributed by atoms with Gasteiger partial charge in [0, 0.05) is 14.1 Å². The van der Waals surface area contributed by atoms with Gasteiger partial charge in [0.1, 0.15) is 0 Å². The maximum atomic E-state index is 12.7. The summed E-state index contributed by atoms with van der Waals surface area (Å²) in [5.74, 6) is 0.659. The number of imidazole rings is 1. The van der Waals surface area contributed by atoms with Crippen LogP contribution in [0.15, 0.2) is 33.9 Å². The van der Waals surface area contributed by atoms with E-state index in [2.05, 4.69) is 4.57 Å². The second-order valence-electron chi connectivity index (χ2n) is 5.87. The number of rotatable bonds is 1. The summed E-state index contributed by atoms with van der Waals surface area (Å²) in [6, 6.07) is 7.78. The van der Waals surface area contributed by atoms with Crippen LogP contribution >= 0.6 is 0 Å². The van der Waals surface area contributed by atoms with E-state index in [9.17, 15) is 14.7 Å². The summed E-state index contributed by atoms with van der Waals surface area (Å²) < 4.78 is 6.08. The van der Waals surface area contributed by atoms with E-state index in [0.29, 0.717) is 0 Å². The van der Waals surface area contributed by atoms with Crippen molar-refractivity contribution in [3.8, 4) is 11.6 Å². The summed E-state index contributed by atoms with van der Waals surface area (Å²) in [6.45, 7) is 0.885. The van der Waals surface area contributed by atoms with Gasteiger partial charge in [-0.15, -0.1) is 0 Å². The van der Waals surface area contributed by atoms with Crippen molar-refractivity contribution in [2.24, 2.45) is 14.1 Å². The van der Waals surface area contributed by atoms with Gasteiger partial charge in [-0.3, -0.25) is 13.9 Å². The molecule has 1 aliphatic heterocycles. The molecule has 0 radical (unpaired) electrons. The van der Waals surface area contributed by atoms with E-state index < -0.39 is 11.2 Å². The molecule has 0 saturated carbocycles. The maximum Gasteiger partial charge on any atom is 0.333 e. The normalized spacial score (nSPS) is 13.7. The number of nitrogens with zero attached hydrogens (tertiary/aromatic N) is 4. The molecule has 118 valence electrons. The Morgan fingerprint density at radius 3 is 2.65 bits per heavy atom. The van der Waals surface area contributed by atoms with Crippen molar-refractivity contribution in [3.63, 3.8) is 0 Å². The minimum Gasteiger partial charge on any atom is -0.491 e. The first-order valence-corrected chi connectivity index (χ1v) is 7.54. The van der Waals surface area contributed by atoms with Gasteiger partial charge >= 0.3 is 11.2 Å². The zero-order chi connectivity index (χ0) is 16.3. The SMILES string of the molecule is Cn1c(O)c(-n2c3[n+](c4ccccc42)CCC3)c(=O)n(C)c1=O. The van der Waals surface area contributed by atoms with Gasteiger partial charge in [0.15, 0.2) is 11.0 Å². The lowest BCUT2D eigenvalue weighted by molar-refractivity contribution is -0.665. The highest BCUT2D eigenvalue weighted by Gasteiger charge is 2.34. The lowest BCUT2D eigenvalue weighted by Crippen LogP contribution is -2.39. The summed E-state index contributed by atoms with van der Waals surface area (Å²) in [6.07, 6.45) is 1.81. The Labute approximate surface area is 131 Å². The molecule has 3 heterocycles. The van der Waals surface area contributed by atoms with Crippen molar-refractivity contribution in [2.75, 3.05) is 0 Å². The lowest BCUT2D eigenvalue weighted by atomic mass is 10.3. The van der Waals surface area contributed by atoms with Crippen molar-refractivity contribution < 1.29 is 9.67 Å². The summed E-state index contributed by atoms with van der Waals surface area (Å²) in [4.78, 5) is 24.6. The van der Waals surface area contributed by atoms with Crippen LogP contribution in [0.1, 0.15) is 12.2 Å². The zero-order valence-electron chi connectivity index (χ0n) is 13.0. The third-order valence-electron chi connectivity index (χ3n) is 4.60. The number of aryl methyl sites for hydroxylation is 1. The third-order valence-corrected chi connectivity index (χ3v) is 4.60. The fourth-order valence-electron chi connectivity index (χ4n) is 3.43. The van der Waals surface area contributed by atoms with E-state index >= 15 is 0 Å². The molecule has 1 N–H and O–H groups in total. The van der Waals surface area contributed by atoms with Crippen LogP contribution < -0.4 is 15.8 Å². The Kier molecular flexibility index (Phi) is 2.75. The van der Waals surface area contributed by atoms with Gasteiger partial charge < -0.3 is 5.11 Å². The first kappa shape index (κ1) is 13.8. The number of hydrogen-bond donors (Lipinski definition) is 1. The van der Waals surface area contributed by atoms with E-state index in [-0.39, 0.29) is 11.6 Å². The van der Waals surface area contributed by atoms with Crippen molar-refractivity contribution >= 4 is 11.0 Å². The Morgan fingerprint density at radius 2 is 1.87 bits per heavy atom. The lowest BCUT2D eigenvalue weighted by Gasteiger charge is -2.08. The van der Waals surface area contributed by atoms with Crippen LogP contribution in [0.3, 0.4) is 0 Å². The molecule has 0 unspecified atom stereocenters. The summed E-state index contributed by atoms with van der Waals surface area (Å²) >= 11 is 0. The van der Waals surface area contributed by atoms with Gasteiger partial charge in [-0.25, -0.2) is 9.36 Å².